The first kappa shape index (κ1) is 37.6. The molecule has 52 heavy (non-hydrogen) atoms. The zero-order valence-corrected chi connectivity index (χ0v) is 34.3. The van der Waals surface area contributed by atoms with Gasteiger partial charge in [0.05, 0.1) is 34.5 Å². The number of fused-ring (bicyclic) bond motifs is 10. The molecule has 0 saturated heterocycles. The van der Waals surface area contributed by atoms with Crippen LogP contribution in [-0.2, 0) is 28.5 Å². The van der Waals surface area contributed by atoms with Gasteiger partial charge in [0.15, 0.2) is 0 Å². The van der Waals surface area contributed by atoms with Crippen molar-refractivity contribution >= 4 is 5.78 Å². The van der Waals surface area contributed by atoms with Crippen LogP contribution in [0.1, 0.15) is 129 Å². The molecular weight excluding hydrogens is 649 g/mol. The largest absolute Gasteiger partial charge is 0.497 e. The third-order valence-electron chi connectivity index (χ3n) is 17.0. The number of carbonyl (C=O) groups excluding carboxylic acids is 1. The average Bonchev–Trinajstić information content (AvgIpc) is 3.60. The minimum atomic E-state index is -0.203. The van der Waals surface area contributed by atoms with Gasteiger partial charge < -0.3 is 24.1 Å². The van der Waals surface area contributed by atoms with E-state index in [1.54, 1.807) is 28.4 Å². The van der Waals surface area contributed by atoms with Crippen molar-refractivity contribution in [3.63, 3.8) is 0 Å². The molecule has 6 aliphatic rings. The zero-order valence-electron chi connectivity index (χ0n) is 34.3. The lowest BCUT2D eigenvalue weighted by Crippen LogP contribution is -2.58. The number of carbonyl (C=O) groups is 1. The highest BCUT2D eigenvalue weighted by molar-refractivity contribution is 5.85. The fourth-order valence-electron chi connectivity index (χ4n) is 14.3. The lowest BCUT2D eigenvalue weighted by molar-refractivity contribution is -0.151. The topological polar surface area (TPSA) is 74.2 Å². The molecule has 0 aromatic heterocycles. The quantitative estimate of drug-likeness (QED) is 0.340. The van der Waals surface area contributed by atoms with E-state index in [2.05, 4.69) is 73.6 Å². The number of benzene rings is 2. The van der Waals surface area contributed by atoms with Crippen LogP contribution in [0.25, 0.3) is 0 Å². The van der Waals surface area contributed by atoms with Crippen LogP contribution in [-0.4, -0.2) is 45.4 Å². The molecule has 0 radical (unpaired) electrons. The van der Waals surface area contributed by atoms with Crippen LogP contribution in [0.5, 0.6) is 23.0 Å². The van der Waals surface area contributed by atoms with Crippen LogP contribution >= 0.6 is 0 Å². The van der Waals surface area contributed by atoms with Crippen LogP contribution in [0.15, 0.2) is 24.3 Å². The van der Waals surface area contributed by atoms with Crippen LogP contribution < -0.4 is 18.9 Å². The van der Waals surface area contributed by atoms with Gasteiger partial charge in [0, 0.05) is 45.9 Å². The first-order chi connectivity index (χ1) is 24.4. The van der Waals surface area contributed by atoms with Gasteiger partial charge in [0.2, 0.25) is 0 Å². The van der Waals surface area contributed by atoms with Crippen LogP contribution in [0.2, 0.25) is 0 Å². The molecule has 6 heteroatoms. The summed E-state index contributed by atoms with van der Waals surface area (Å²) in [6, 6.07) is 8.52. The Kier molecular flexibility index (Phi) is 8.96. The second-order valence-corrected chi connectivity index (χ2v) is 19.8. The summed E-state index contributed by atoms with van der Waals surface area (Å²) >= 11 is 0. The highest BCUT2D eigenvalue weighted by Gasteiger charge is 2.65. The Morgan fingerprint density at radius 2 is 1.04 bits per heavy atom. The molecule has 6 aliphatic carbocycles. The molecule has 9 atom stereocenters. The normalized spacial score (nSPS) is 38.9. The highest BCUT2D eigenvalue weighted by Crippen LogP contribution is 2.70. The van der Waals surface area contributed by atoms with Gasteiger partial charge in [-0.05, 0) is 121 Å². The summed E-state index contributed by atoms with van der Waals surface area (Å²) in [7, 11) is 6.99. The van der Waals surface area contributed by atoms with Gasteiger partial charge in [-0.25, -0.2) is 0 Å². The van der Waals surface area contributed by atoms with Crippen LogP contribution in [0.4, 0.5) is 0 Å². The second kappa shape index (κ2) is 12.4. The SMILES string of the molecule is COc1cc2c(c(OC)c1)[C@]1(C)CC[C@H]3C(C)(C)C(=O)CC[C@]3(C)[C@H]1C2.COc1cc2c(c(OC)c1)[C@]1(C)CC[C@H]3C(C)(C)[C@@H](O)CC[C@]3(C)[C@H]1C2. The summed E-state index contributed by atoms with van der Waals surface area (Å²) in [5.41, 5.74) is 6.09. The maximum Gasteiger partial charge on any atom is 0.138 e. The Morgan fingerprint density at radius 3 is 1.50 bits per heavy atom. The van der Waals surface area contributed by atoms with Gasteiger partial charge in [0.1, 0.15) is 28.8 Å². The Hall–Kier alpha value is -2.73. The van der Waals surface area contributed by atoms with Crippen molar-refractivity contribution in [2.24, 2.45) is 45.3 Å². The predicted molar refractivity (Wildman–Crippen MR) is 207 cm³/mol. The lowest BCUT2D eigenvalue weighted by Gasteiger charge is -2.62. The summed E-state index contributed by atoms with van der Waals surface area (Å²) in [5, 5.41) is 10.7. The first-order valence-corrected chi connectivity index (χ1v) is 20.1. The van der Waals surface area contributed by atoms with E-state index < -0.39 is 0 Å². The smallest absolute Gasteiger partial charge is 0.138 e. The molecule has 2 aromatic carbocycles. The Morgan fingerprint density at radius 1 is 0.577 bits per heavy atom. The van der Waals surface area contributed by atoms with Crippen molar-refractivity contribution in [3.05, 3.63) is 46.5 Å². The van der Waals surface area contributed by atoms with E-state index >= 15 is 0 Å². The number of aliphatic hydroxyl groups excluding tert-OH is 1. The molecule has 6 nitrogen and oxygen atoms in total. The molecule has 0 heterocycles. The third kappa shape index (κ3) is 5.07. The van der Waals surface area contributed by atoms with E-state index in [4.69, 9.17) is 18.9 Å². The molecule has 0 amide bonds. The fraction of sp³-hybridized carbons (Fsp3) is 0.717. The Bertz CT molecular complexity index is 1740. The van der Waals surface area contributed by atoms with Crippen molar-refractivity contribution in [1.29, 1.82) is 0 Å². The zero-order chi connectivity index (χ0) is 37.8. The van der Waals surface area contributed by atoms with E-state index in [1.165, 1.54) is 35.1 Å². The minimum Gasteiger partial charge on any atom is -0.497 e. The summed E-state index contributed by atoms with van der Waals surface area (Å²) < 4.78 is 22.7. The average molecular weight is 715 g/mol. The fourth-order valence-corrected chi connectivity index (χ4v) is 14.3. The summed E-state index contributed by atoms with van der Waals surface area (Å²) in [5.74, 6) is 6.37. The number of aliphatic hydroxyl groups is 1. The summed E-state index contributed by atoms with van der Waals surface area (Å²) in [4.78, 5) is 12.7. The molecule has 286 valence electrons. The molecular formula is C46H66O6. The van der Waals surface area contributed by atoms with Gasteiger partial charge in [-0.2, -0.15) is 0 Å². The number of hydrogen-bond donors (Lipinski definition) is 1. The van der Waals surface area contributed by atoms with E-state index in [0.717, 1.165) is 74.4 Å². The van der Waals surface area contributed by atoms with Gasteiger partial charge >= 0.3 is 0 Å². The molecule has 4 fully saturated rings. The second-order valence-electron chi connectivity index (χ2n) is 19.8. The van der Waals surface area contributed by atoms with Crippen LogP contribution in [0.3, 0.4) is 0 Å². The molecule has 2 aromatic rings. The number of ether oxygens (including phenoxy) is 4. The number of Topliss-reactive ketones (excluding diaryl/α,β-unsaturated/α-hetero) is 1. The maximum atomic E-state index is 12.7. The van der Waals surface area contributed by atoms with E-state index in [1.807, 2.05) is 6.07 Å². The Balaban J connectivity index is 0.000000162. The van der Waals surface area contributed by atoms with Crippen molar-refractivity contribution in [2.75, 3.05) is 28.4 Å². The molecule has 1 N–H and O–H groups in total. The molecule has 4 saturated carbocycles. The number of hydrogen-bond acceptors (Lipinski definition) is 6. The van der Waals surface area contributed by atoms with Gasteiger partial charge in [-0.15, -0.1) is 0 Å². The summed E-state index contributed by atoms with van der Waals surface area (Å²) in [6.45, 7) is 18.8. The highest BCUT2D eigenvalue weighted by atomic mass is 16.5. The molecule has 0 spiro atoms. The first-order valence-electron chi connectivity index (χ1n) is 20.1. The van der Waals surface area contributed by atoms with Crippen LogP contribution in [0, 0.1) is 45.3 Å². The standard InChI is InChI=1S/C23H34O3.C23H32O3/c2*1-21(2)17-7-9-23(4)18(22(17,3)10-8-19(21)24)12-14-11-15(25-5)13-16(26-6)20(14)23/h11,13,17-19,24H,7-10,12H2,1-6H3;11,13,17-18H,7-10,12H2,1-6H3/t17-,18+,19-,22-,23+;17-,18+,22-,23+/m00/s1. The van der Waals surface area contributed by atoms with Gasteiger partial charge in [0.25, 0.3) is 0 Å². The van der Waals surface area contributed by atoms with Crippen molar-refractivity contribution in [2.45, 2.75) is 137 Å². The lowest BCUT2D eigenvalue weighted by atomic mass is 9.43. The van der Waals surface area contributed by atoms with E-state index in [-0.39, 0.29) is 38.6 Å². The van der Waals surface area contributed by atoms with Crippen molar-refractivity contribution < 1.29 is 28.8 Å². The molecule has 0 unspecified atom stereocenters. The van der Waals surface area contributed by atoms with E-state index in [0.29, 0.717) is 29.5 Å². The van der Waals surface area contributed by atoms with Gasteiger partial charge in [-0.3, -0.25) is 4.79 Å². The number of rotatable bonds is 4. The third-order valence-corrected chi connectivity index (χ3v) is 17.0. The maximum absolute atomic E-state index is 12.7. The molecule has 0 aliphatic heterocycles. The van der Waals surface area contributed by atoms with Crippen molar-refractivity contribution in [3.8, 4) is 23.0 Å². The summed E-state index contributed by atoms with van der Waals surface area (Å²) in [6.07, 6.45) is 10.4. The minimum absolute atomic E-state index is 0.00905. The number of ketones is 1. The monoisotopic (exact) mass is 714 g/mol. The molecule has 8 rings (SSSR count). The van der Waals surface area contributed by atoms with Gasteiger partial charge in [-0.1, -0.05) is 55.4 Å². The van der Waals surface area contributed by atoms with Crippen molar-refractivity contribution in [1.82, 2.24) is 0 Å². The number of methoxy groups -OCH3 is 4. The van der Waals surface area contributed by atoms with E-state index in [9.17, 15) is 9.90 Å². The molecule has 0 bridgehead atoms. The predicted octanol–water partition coefficient (Wildman–Crippen LogP) is 9.67. The Labute approximate surface area is 313 Å².